The first kappa shape index (κ1) is 18.7. The van der Waals surface area contributed by atoms with Crippen molar-refractivity contribution in [3.05, 3.63) is 83.0 Å². The van der Waals surface area contributed by atoms with Crippen molar-refractivity contribution < 1.29 is 9.53 Å². The summed E-state index contributed by atoms with van der Waals surface area (Å²) in [6.07, 6.45) is 1.68. The molecule has 0 aliphatic heterocycles. The first-order valence-corrected chi connectivity index (χ1v) is 8.90. The Hall–Kier alpha value is -3.05. The molecule has 0 spiro atoms. The molecular formula is C21H20ClN3O2. The molecule has 0 aliphatic rings. The van der Waals surface area contributed by atoms with Gasteiger partial charge in [-0.15, -0.1) is 0 Å². The number of aryl methyl sites for hydroxylation is 1. The lowest BCUT2D eigenvalue weighted by Gasteiger charge is -2.09. The smallest absolute Gasteiger partial charge is 0.263 e. The Bertz CT molecular complexity index is 879. The Labute approximate surface area is 163 Å². The highest BCUT2D eigenvalue weighted by atomic mass is 35.5. The standard InChI is InChI=1S/C21H20ClN3O2/c1-15-2-4-16(5-3-15)12-23-18-8-11-20(24-13-18)25-21(26)14-27-19-9-6-17(22)7-10-19/h2-11,13,23H,12,14H2,1H3,(H,24,25,26). The molecule has 5 nitrogen and oxygen atoms in total. The van der Waals surface area contributed by atoms with Crippen molar-refractivity contribution in [3.8, 4) is 5.75 Å². The van der Waals surface area contributed by atoms with Crippen LogP contribution in [0.5, 0.6) is 5.75 Å². The fraction of sp³-hybridized carbons (Fsp3) is 0.143. The van der Waals surface area contributed by atoms with Crippen LogP contribution in [0.25, 0.3) is 0 Å². The number of nitrogens with one attached hydrogen (secondary N) is 2. The number of anilines is 2. The number of hydrogen-bond acceptors (Lipinski definition) is 4. The minimum atomic E-state index is -0.280. The molecule has 0 saturated heterocycles. The molecule has 1 aromatic heterocycles. The molecule has 0 radical (unpaired) electrons. The van der Waals surface area contributed by atoms with Crippen molar-refractivity contribution in [2.24, 2.45) is 0 Å². The number of amides is 1. The largest absolute Gasteiger partial charge is 0.484 e. The molecule has 1 amide bonds. The number of carbonyl (C=O) groups excluding carboxylic acids is 1. The van der Waals surface area contributed by atoms with E-state index < -0.39 is 0 Å². The number of halogens is 1. The Morgan fingerprint density at radius 1 is 1.04 bits per heavy atom. The summed E-state index contributed by atoms with van der Waals surface area (Å²) in [7, 11) is 0. The van der Waals surface area contributed by atoms with E-state index in [1.165, 1.54) is 11.1 Å². The number of hydrogen-bond donors (Lipinski definition) is 2. The molecule has 2 aromatic carbocycles. The lowest BCUT2D eigenvalue weighted by atomic mass is 10.1. The maximum Gasteiger partial charge on any atom is 0.263 e. The normalized spacial score (nSPS) is 10.3. The summed E-state index contributed by atoms with van der Waals surface area (Å²) in [5.41, 5.74) is 3.31. The van der Waals surface area contributed by atoms with Gasteiger partial charge in [0.25, 0.3) is 5.91 Å². The number of benzene rings is 2. The molecule has 0 atom stereocenters. The van der Waals surface area contributed by atoms with Crippen molar-refractivity contribution in [2.45, 2.75) is 13.5 Å². The summed E-state index contributed by atoms with van der Waals surface area (Å²) in [6, 6.07) is 18.8. The lowest BCUT2D eigenvalue weighted by Crippen LogP contribution is -2.20. The molecule has 6 heteroatoms. The second kappa shape index (κ2) is 9.05. The zero-order valence-electron chi connectivity index (χ0n) is 14.9. The fourth-order valence-electron chi connectivity index (χ4n) is 2.34. The van der Waals surface area contributed by atoms with E-state index in [-0.39, 0.29) is 12.5 Å². The van der Waals surface area contributed by atoms with Crippen LogP contribution in [-0.4, -0.2) is 17.5 Å². The van der Waals surface area contributed by atoms with Crippen LogP contribution in [0.15, 0.2) is 66.9 Å². The van der Waals surface area contributed by atoms with Gasteiger partial charge in [0.2, 0.25) is 0 Å². The van der Waals surface area contributed by atoms with E-state index >= 15 is 0 Å². The molecule has 0 saturated carbocycles. The van der Waals surface area contributed by atoms with Crippen LogP contribution in [0.2, 0.25) is 5.02 Å². The quantitative estimate of drug-likeness (QED) is 0.624. The number of nitrogens with zero attached hydrogens (tertiary/aromatic N) is 1. The molecule has 3 aromatic rings. The van der Waals surface area contributed by atoms with Crippen LogP contribution >= 0.6 is 11.6 Å². The summed E-state index contributed by atoms with van der Waals surface area (Å²) in [6.45, 7) is 2.67. The van der Waals surface area contributed by atoms with E-state index in [2.05, 4.69) is 46.8 Å². The predicted molar refractivity (Wildman–Crippen MR) is 108 cm³/mol. The molecule has 3 rings (SSSR count). The van der Waals surface area contributed by atoms with Crippen LogP contribution in [0.4, 0.5) is 11.5 Å². The van der Waals surface area contributed by atoms with E-state index in [1.807, 2.05) is 6.07 Å². The minimum Gasteiger partial charge on any atom is -0.484 e. The first-order valence-electron chi connectivity index (χ1n) is 8.52. The van der Waals surface area contributed by atoms with Crippen LogP contribution in [0, 0.1) is 6.92 Å². The third-order valence-corrected chi connectivity index (χ3v) is 4.08. The van der Waals surface area contributed by atoms with Crippen LogP contribution < -0.4 is 15.4 Å². The van der Waals surface area contributed by atoms with Crippen molar-refractivity contribution in [1.29, 1.82) is 0 Å². The SMILES string of the molecule is Cc1ccc(CNc2ccc(NC(=O)COc3ccc(Cl)cc3)nc2)cc1. The van der Waals surface area contributed by atoms with Gasteiger partial charge in [0.05, 0.1) is 11.9 Å². The molecule has 27 heavy (non-hydrogen) atoms. The average Bonchev–Trinajstić information content (AvgIpc) is 2.68. The molecule has 138 valence electrons. The summed E-state index contributed by atoms with van der Waals surface area (Å²) < 4.78 is 5.40. The van der Waals surface area contributed by atoms with Crippen molar-refractivity contribution in [3.63, 3.8) is 0 Å². The van der Waals surface area contributed by atoms with Crippen LogP contribution in [0.3, 0.4) is 0 Å². The van der Waals surface area contributed by atoms with Crippen LogP contribution in [0.1, 0.15) is 11.1 Å². The molecule has 1 heterocycles. The molecule has 0 fully saturated rings. The van der Waals surface area contributed by atoms with E-state index in [9.17, 15) is 4.79 Å². The van der Waals surface area contributed by atoms with E-state index in [0.717, 1.165) is 5.69 Å². The first-order chi connectivity index (χ1) is 13.1. The number of ether oxygens (including phenoxy) is 1. The lowest BCUT2D eigenvalue weighted by molar-refractivity contribution is -0.118. The average molecular weight is 382 g/mol. The maximum atomic E-state index is 12.0. The van der Waals surface area contributed by atoms with Crippen molar-refractivity contribution >= 4 is 29.0 Å². The predicted octanol–water partition coefficient (Wildman–Crippen LogP) is 4.67. The Morgan fingerprint density at radius 2 is 1.78 bits per heavy atom. The number of carbonyl (C=O) groups is 1. The summed E-state index contributed by atoms with van der Waals surface area (Å²) in [5.74, 6) is 0.775. The monoisotopic (exact) mass is 381 g/mol. The van der Waals surface area contributed by atoms with Crippen molar-refractivity contribution in [1.82, 2.24) is 4.98 Å². The number of pyridine rings is 1. The van der Waals surface area contributed by atoms with Gasteiger partial charge in [0, 0.05) is 11.6 Å². The maximum absolute atomic E-state index is 12.0. The highest BCUT2D eigenvalue weighted by Gasteiger charge is 2.05. The molecule has 2 N–H and O–H groups in total. The van der Waals surface area contributed by atoms with Crippen LogP contribution in [-0.2, 0) is 11.3 Å². The van der Waals surface area contributed by atoms with Gasteiger partial charge < -0.3 is 15.4 Å². The highest BCUT2D eigenvalue weighted by Crippen LogP contribution is 2.16. The van der Waals surface area contributed by atoms with Gasteiger partial charge in [-0.2, -0.15) is 0 Å². The summed E-state index contributed by atoms with van der Waals surface area (Å²) in [5, 5.41) is 6.62. The van der Waals surface area contributed by atoms with Gasteiger partial charge in [0.1, 0.15) is 11.6 Å². The second-order valence-electron chi connectivity index (χ2n) is 6.06. The van der Waals surface area contributed by atoms with Gasteiger partial charge in [-0.25, -0.2) is 4.98 Å². The number of rotatable bonds is 7. The zero-order chi connectivity index (χ0) is 19.1. The Kier molecular flexibility index (Phi) is 6.28. The molecule has 0 aliphatic carbocycles. The van der Waals surface area contributed by atoms with Gasteiger partial charge in [-0.3, -0.25) is 4.79 Å². The number of aromatic nitrogens is 1. The topological polar surface area (TPSA) is 63.2 Å². The van der Waals surface area contributed by atoms with Crippen molar-refractivity contribution in [2.75, 3.05) is 17.2 Å². The fourth-order valence-corrected chi connectivity index (χ4v) is 2.47. The third-order valence-electron chi connectivity index (χ3n) is 3.83. The Balaban J connectivity index is 1.45. The highest BCUT2D eigenvalue weighted by molar-refractivity contribution is 6.30. The van der Waals surface area contributed by atoms with E-state index in [4.69, 9.17) is 16.3 Å². The molecule has 0 unspecified atom stereocenters. The molecular weight excluding hydrogens is 362 g/mol. The second-order valence-corrected chi connectivity index (χ2v) is 6.50. The Morgan fingerprint density at radius 3 is 2.44 bits per heavy atom. The van der Waals surface area contributed by atoms with E-state index in [0.29, 0.717) is 23.1 Å². The summed E-state index contributed by atoms with van der Waals surface area (Å²) in [4.78, 5) is 16.2. The van der Waals surface area contributed by atoms with Gasteiger partial charge >= 0.3 is 0 Å². The third kappa shape index (κ3) is 6.01. The van der Waals surface area contributed by atoms with E-state index in [1.54, 1.807) is 36.5 Å². The van der Waals surface area contributed by atoms with Gasteiger partial charge in [-0.1, -0.05) is 41.4 Å². The minimum absolute atomic E-state index is 0.100. The van der Waals surface area contributed by atoms with Gasteiger partial charge in [-0.05, 0) is 48.9 Å². The molecule has 0 bridgehead atoms. The zero-order valence-corrected chi connectivity index (χ0v) is 15.7. The van der Waals surface area contributed by atoms with Gasteiger partial charge in [0.15, 0.2) is 6.61 Å². The summed E-state index contributed by atoms with van der Waals surface area (Å²) >= 11 is 5.81.